The van der Waals surface area contributed by atoms with E-state index in [1.807, 2.05) is 28.9 Å². The Morgan fingerprint density at radius 3 is 2.61 bits per heavy atom. The molecule has 0 aliphatic carbocycles. The summed E-state index contributed by atoms with van der Waals surface area (Å²) in [7, 11) is 0. The van der Waals surface area contributed by atoms with Gasteiger partial charge in [0.15, 0.2) is 16.8 Å². The molecule has 0 bridgehead atoms. The number of tetrazole rings is 1. The Kier molecular flexibility index (Phi) is 5.48. The average Bonchev–Trinajstić information content (AvgIpc) is 3.34. The van der Waals surface area contributed by atoms with E-state index in [-0.39, 0.29) is 0 Å². The van der Waals surface area contributed by atoms with Crippen LogP contribution in [0.1, 0.15) is 24.7 Å². The van der Waals surface area contributed by atoms with Gasteiger partial charge in [-0.1, -0.05) is 60.6 Å². The van der Waals surface area contributed by atoms with Crippen molar-refractivity contribution in [2.24, 2.45) is 0 Å². The molecule has 0 fully saturated rings. The molecular weight excluding hydrogens is 370 g/mol. The third-order valence-corrected chi connectivity index (χ3v) is 5.22. The molecule has 0 spiro atoms. The summed E-state index contributed by atoms with van der Waals surface area (Å²) < 4.78 is 3.94. The number of hydrogen-bond donors (Lipinski definition) is 0. The monoisotopic (exact) mass is 391 g/mol. The minimum atomic E-state index is 0.631. The molecule has 0 aliphatic heterocycles. The molecule has 0 saturated carbocycles. The Hall–Kier alpha value is -3.00. The van der Waals surface area contributed by atoms with E-state index in [1.165, 1.54) is 5.56 Å². The normalized spacial score (nSPS) is 11.1. The van der Waals surface area contributed by atoms with Crippen LogP contribution in [0, 0.1) is 6.92 Å². The van der Waals surface area contributed by atoms with Crippen molar-refractivity contribution in [2.45, 2.75) is 37.7 Å². The van der Waals surface area contributed by atoms with Crippen LogP contribution in [-0.4, -0.2) is 35.0 Å². The molecule has 0 radical (unpaired) electrons. The molecule has 7 nitrogen and oxygen atoms in total. The lowest BCUT2D eigenvalue weighted by molar-refractivity contribution is 0.564. The van der Waals surface area contributed by atoms with E-state index >= 15 is 0 Å². The van der Waals surface area contributed by atoms with Crippen molar-refractivity contribution >= 4 is 11.8 Å². The van der Waals surface area contributed by atoms with Crippen LogP contribution in [0.4, 0.5) is 0 Å². The third kappa shape index (κ3) is 3.82. The van der Waals surface area contributed by atoms with Gasteiger partial charge in [-0.25, -0.2) is 4.68 Å². The van der Waals surface area contributed by atoms with Crippen LogP contribution in [0.25, 0.3) is 17.1 Å². The number of thioether (sulfide) groups is 1. The van der Waals surface area contributed by atoms with Gasteiger partial charge in [0.2, 0.25) is 0 Å². The fourth-order valence-corrected chi connectivity index (χ4v) is 3.87. The average molecular weight is 392 g/mol. The first-order valence-corrected chi connectivity index (χ1v) is 10.2. The van der Waals surface area contributed by atoms with Crippen LogP contribution in [0.15, 0.2) is 59.8 Å². The van der Waals surface area contributed by atoms with Crippen LogP contribution < -0.4 is 0 Å². The van der Waals surface area contributed by atoms with E-state index in [0.29, 0.717) is 5.75 Å². The van der Waals surface area contributed by atoms with Gasteiger partial charge in [-0.05, 0) is 42.0 Å². The smallest absolute Gasteiger partial charge is 0.196 e. The quantitative estimate of drug-likeness (QED) is 0.444. The summed E-state index contributed by atoms with van der Waals surface area (Å²) in [6.45, 7) is 5.00. The van der Waals surface area contributed by atoms with Crippen molar-refractivity contribution < 1.29 is 0 Å². The number of aromatic nitrogens is 7. The second-order valence-electron chi connectivity index (χ2n) is 6.45. The predicted octanol–water partition coefficient (Wildman–Crippen LogP) is 3.93. The highest BCUT2D eigenvalue weighted by molar-refractivity contribution is 7.98. The Morgan fingerprint density at radius 2 is 1.82 bits per heavy atom. The number of para-hydroxylation sites is 1. The Balaban J connectivity index is 1.70. The van der Waals surface area contributed by atoms with Crippen LogP contribution in [-0.2, 0) is 12.3 Å². The van der Waals surface area contributed by atoms with Crippen molar-refractivity contribution in [3.63, 3.8) is 0 Å². The summed E-state index contributed by atoms with van der Waals surface area (Å²) in [6.07, 6.45) is 0.987. The molecule has 4 aromatic rings. The van der Waals surface area contributed by atoms with Gasteiger partial charge in [0.1, 0.15) is 0 Å². The zero-order chi connectivity index (χ0) is 19.3. The van der Waals surface area contributed by atoms with Crippen LogP contribution >= 0.6 is 11.8 Å². The highest BCUT2D eigenvalue weighted by Gasteiger charge is 2.17. The second-order valence-corrected chi connectivity index (χ2v) is 7.40. The lowest BCUT2D eigenvalue weighted by Crippen LogP contribution is -2.05. The van der Waals surface area contributed by atoms with Gasteiger partial charge in [0.25, 0.3) is 0 Å². The standard InChI is InChI=1S/C20H21N7S/c1-3-12-26-18(21-24-25-26)14-28-20-23-22-19(16-9-7-8-15(2)13-16)27(20)17-10-5-4-6-11-17/h4-11,13H,3,12,14H2,1-2H3. The van der Waals surface area contributed by atoms with E-state index in [1.54, 1.807) is 11.8 Å². The molecular formula is C20H21N7S. The highest BCUT2D eigenvalue weighted by atomic mass is 32.2. The molecule has 142 valence electrons. The molecule has 0 unspecified atom stereocenters. The molecule has 2 aromatic heterocycles. The number of aryl methyl sites for hydroxylation is 2. The first-order chi connectivity index (χ1) is 13.8. The van der Waals surface area contributed by atoms with E-state index in [0.717, 1.165) is 41.0 Å². The molecule has 0 aliphatic rings. The molecule has 2 aromatic carbocycles. The van der Waals surface area contributed by atoms with Crippen molar-refractivity contribution in [3.8, 4) is 17.1 Å². The van der Waals surface area contributed by atoms with Gasteiger partial charge in [-0.2, -0.15) is 0 Å². The lowest BCUT2D eigenvalue weighted by atomic mass is 10.1. The first kappa shape index (κ1) is 18.4. The predicted molar refractivity (Wildman–Crippen MR) is 109 cm³/mol. The summed E-state index contributed by atoms with van der Waals surface area (Å²) in [4.78, 5) is 0. The van der Waals surface area contributed by atoms with E-state index in [2.05, 4.69) is 74.5 Å². The zero-order valence-corrected chi connectivity index (χ0v) is 16.7. The van der Waals surface area contributed by atoms with Crippen molar-refractivity contribution in [1.82, 2.24) is 35.0 Å². The maximum absolute atomic E-state index is 4.50. The SMILES string of the molecule is CCCn1nnnc1CSc1nnc(-c2cccc(C)c2)n1-c1ccccc1. The summed E-state index contributed by atoms with van der Waals surface area (Å²) in [5.74, 6) is 2.29. The fourth-order valence-electron chi connectivity index (χ4n) is 2.99. The Morgan fingerprint density at radius 1 is 0.964 bits per heavy atom. The summed E-state index contributed by atoms with van der Waals surface area (Å²) in [5.41, 5.74) is 3.26. The Labute approximate surface area is 167 Å². The number of nitrogens with zero attached hydrogens (tertiary/aromatic N) is 7. The van der Waals surface area contributed by atoms with Crippen molar-refractivity contribution in [3.05, 3.63) is 66.0 Å². The molecule has 0 N–H and O–H groups in total. The number of benzene rings is 2. The molecule has 0 atom stereocenters. The minimum absolute atomic E-state index is 0.631. The second kappa shape index (κ2) is 8.35. The van der Waals surface area contributed by atoms with Gasteiger partial charge in [-0.15, -0.1) is 15.3 Å². The molecule has 2 heterocycles. The summed E-state index contributed by atoms with van der Waals surface area (Å²) in [5, 5.41) is 21.8. The lowest BCUT2D eigenvalue weighted by Gasteiger charge is -2.10. The van der Waals surface area contributed by atoms with Gasteiger partial charge in [0.05, 0.1) is 5.75 Å². The van der Waals surface area contributed by atoms with Crippen molar-refractivity contribution in [2.75, 3.05) is 0 Å². The largest absolute Gasteiger partial charge is 0.270 e. The maximum atomic E-state index is 4.50. The van der Waals surface area contributed by atoms with Gasteiger partial charge < -0.3 is 0 Å². The molecule has 4 rings (SSSR count). The van der Waals surface area contributed by atoms with E-state index < -0.39 is 0 Å². The molecule has 0 saturated heterocycles. The third-order valence-electron chi connectivity index (χ3n) is 4.30. The molecule has 0 amide bonds. The topological polar surface area (TPSA) is 74.3 Å². The highest BCUT2D eigenvalue weighted by Crippen LogP contribution is 2.29. The number of rotatable bonds is 7. The summed E-state index contributed by atoms with van der Waals surface area (Å²) >= 11 is 1.59. The zero-order valence-electron chi connectivity index (χ0n) is 15.9. The van der Waals surface area contributed by atoms with E-state index in [9.17, 15) is 0 Å². The van der Waals surface area contributed by atoms with Gasteiger partial charge in [-0.3, -0.25) is 4.57 Å². The summed E-state index contributed by atoms with van der Waals surface area (Å²) in [6, 6.07) is 18.5. The maximum Gasteiger partial charge on any atom is 0.196 e. The van der Waals surface area contributed by atoms with Crippen LogP contribution in [0.3, 0.4) is 0 Å². The van der Waals surface area contributed by atoms with Crippen LogP contribution in [0.5, 0.6) is 0 Å². The minimum Gasteiger partial charge on any atom is -0.270 e. The molecule has 28 heavy (non-hydrogen) atoms. The fraction of sp³-hybridized carbons (Fsp3) is 0.250. The van der Waals surface area contributed by atoms with Crippen molar-refractivity contribution in [1.29, 1.82) is 0 Å². The van der Waals surface area contributed by atoms with Crippen LogP contribution in [0.2, 0.25) is 0 Å². The Bertz CT molecular complexity index is 1060. The first-order valence-electron chi connectivity index (χ1n) is 9.22. The van der Waals surface area contributed by atoms with E-state index in [4.69, 9.17) is 0 Å². The van der Waals surface area contributed by atoms with Gasteiger partial charge >= 0.3 is 0 Å². The molecule has 8 heteroatoms. The van der Waals surface area contributed by atoms with Gasteiger partial charge in [0, 0.05) is 17.8 Å². The number of hydrogen-bond acceptors (Lipinski definition) is 6.